The van der Waals surface area contributed by atoms with Gasteiger partial charge in [-0.1, -0.05) is 34.4 Å². The van der Waals surface area contributed by atoms with Gasteiger partial charge in [0.2, 0.25) is 5.89 Å². The maximum Gasteiger partial charge on any atom is 0.322 e. The third kappa shape index (κ3) is 3.76. The Bertz CT molecular complexity index is 974. The average Bonchev–Trinajstić information content (AvgIpc) is 3.03. The van der Waals surface area contributed by atoms with Gasteiger partial charge in [-0.25, -0.2) is 0 Å². The van der Waals surface area contributed by atoms with E-state index in [9.17, 15) is 14.9 Å². The van der Waals surface area contributed by atoms with Crippen LogP contribution in [0.15, 0.2) is 46.9 Å². The van der Waals surface area contributed by atoms with Crippen LogP contribution in [-0.2, 0) is 0 Å². The molecule has 3 aromatic rings. The summed E-state index contributed by atoms with van der Waals surface area (Å²) in [5.74, 6) is -0.530. The van der Waals surface area contributed by atoms with Gasteiger partial charge in [-0.15, -0.1) is 5.10 Å². The van der Waals surface area contributed by atoms with Crippen LogP contribution in [0.25, 0.3) is 11.5 Å². The molecule has 0 fully saturated rings. The summed E-state index contributed by atoms with van der Waals surface area (Å²) in [6.45, 7) is 0. The maximum absolute atomic E-state index is 12.2. The van der Waals surface area contributed by atoms with Gasteiger partial charge >= 0.3 is 6.01 Å². The molecule has 25 heavy (non-hydrogen) atoms. The largest absolute Gasteiger partial charge is 0.403 e. The van der Waals surface area contributed by atoms with E-state index in [0.717, 1.165) is 0 Å². The fourth-order valence-corrected chi connectivity index (χ4v) is 2.48. The van der Waals surface area contributed by atoms with E-state index in [1.165, 1.54) is 36.4 Å². The first-order valence-corrected chi connectivity index (χ1v) is 7.54. The first-order valence-electron chi connectivity index (χ1n) is 6.79. The molecule has 0 aliphatic heterocycles. The highest BCUT2D eigenvalue weighted by molar-refractivity contribution is 6.37. The smallest absolute Gasteiger partial charge is 0.322 e. The summed E-state index contributed by atoms with van der Waals surface area (Å²) in [7, 11) is 0. The first-order chi connectivity index (χ1) is 11.9. The molecule has 126 valence electrons. The van der Waals surface area contributed by atoms with Gasteiger partial charge in [-0.3, -0.25) is 20.2 Å². The Kier molecular flexibility index (Phi) is 4.64. The number of rotatable bonds is 4. The van der Waals surface area contributed by atoms with E-state index in [-0.39, 0.29) is 28.2 Å². The molecule has 2 aromatic carbocycles. The number of nitro benzene ring substituents is 1. The molecule has 1 heterocycles. The van der Waals surface area contributed by atoms with E-state index in [4.69, 9.17) is 27.6 Å². The molecule has 1 amide bonds. The third-order valence-electron chi connectivity index (χ3n) is 3.13. The second kappa shape index (κ2) is 6.88. The van der Waals surface area contributed by atoms with Gasteiger partial charge in [-0.05, 0) is 24.3 Å². The summed E-state index contributed by atoms with van der Waals surface area (Å²) in [5, 5.41) is 21.2. The molecule has 1 N–H and O–H groups in total. The minimum Gasteiger partial charge on any atom is -0.403 e. The molecular formula is C15H8Cl2N4O4. The lowest BCUT2D eigenvalue weighted by molar-refractivity contribution is -0.384. The molecule has 0 aliphatic carbocycles. The molecule has 0 bridgehead atoms. The maximum atomic E-state index is 12.2. The van der Waals surface area contributed by atoms with Gasteiger partial charge in [0.05, 0.1) is 15.5 Å². The number of nitro groups is 1. The van der Waals surface area contributed by atoms with Gasteiger partial charge in [0.15, 0.2) is 0 Å². The highest BCUT2D eigenvalue weighted by atomic mass is 35.5. The Labute approximate surface area is 150 Å². The molecule has 0 unspecified atom stereocenters. The summed E-state index contributed by atoms with van der Waals surface area (Å²) in [5.41, 5.74) is 0.419. The number of amides is 1. The van der Waals surface area contributed by atoms with Crippen molar-refractivity contribution in [3.63, 3.8) is 0 Å². The van der Waals surface area contributed by atoms with Crippen LogP contribution in [0.1, 0.15) is 10.4 Å². The van der Waals surface area contributed by atoms with Crippen LogP contribution in [0.2, 0.25) is 10.0 Å². The number of halogens is 2. The van der Waals surface area contributed by atoms with E-state index >= 15 is 0 Å². The molecule has 0 spiro atoms. The predicted octanol–water partition coefficient (Wildman–Crippen LogP) is 4.20. The van der Waals surface area contributed by atoms with Crippen LogP contribution >= 0.6 is 23.2 Å². The van der Waals surface area contributed by atoms with Gasteiger partial charge in [0.25, 0.3) is 11.6 Å². The van der Waals surface area contributed by atoms with Crippen molar-refractivity contribution in [2.45, 2.75) is 0 Å². The minimum atomic E-state index is -0.559. The van der Waals surface area contributed by atoms with Crippen LogP contribution in [0, 0.1) is 10.1 Å². The molecule has 1 aromatic heterocycles. The molecule has 0 saturated carbocycles. The second-order valence-corrected chi connectivity index (χ2v) is 5.64. The molecule has 0 saturated heterocycles. The second-order valence-electron chi connectivity index (χ2n) is 4.80. The molecule has 0 atom stereocenters. The average molecular weight is 379 g/mol. The molecule has 10 heteroatoms. The van der Waals surface area contributed by atoms with E-state index in [0.29, 0.717) is 10.6 Å². The Hall–Kier alpha value is -2.97. The van der Waals surface area contributed by atoms with Gasteiger partial charge in [0.1, 0.15) is 0 Å². The zero-order valence-corrected chi connectivity index (χ0v) is 13.8. The molecule has 0 aliphatic rings. The van der Waals surface area contributed by atoms with Gasteiger partial charge in [-0.2, -0.15) is 0 Å². The molecular weight excluding hydrogens is 371 g/mol. The van der Waals surface area contributed by atoms with Crippen LogP contribution in [0.3, 0.4) is 0 Å². The van der Waals surface area contributed by atoms with E-state index in [1.54, 1.807) is 6.07 Å². The summed E-state index contributed by atoms with van der Waals surface area (Å²) >= 11 is 11.7. The SMILES string of the molecule is O=C(Nc1nnc(-c2cccc([N+](=O)[O-])c2)o1)c1ccc(Cl)cc1Cl. The van der Waals surface area contributed by atoms with Crippen LogP contribution in [0.4, 0.5) is 11.7 Å². The first kappa shape index (κ1) is 16.9. The van der Waals surface area contributed by atoms with Gasteiger partial charge in [0, 0.05) is 22.7 Å². The quantitative estimate of drug-likeness (QED) is 0.537. The summed E-state index contributed by atoms with van der Waals surface area (Å²) < 4.78 is 5.31. The van der Waals surface area contributed by atoms with Crippen LogP contribution in [-0.4, -0.2) is 21.0 Å². The number of carbonyl (C=O) groups is 1. The van der Waals surface area contributed by atoms with Crippen LogP contribution in [0.5, 0.6) is 0 Å². The lowest BCUT2D eigenvalue weighted by atomic mass is 10.2. The molecule has 8 nitrogen and oxygen atoms in total. The molecule has 0 radical (unpaired) electrons. The number of nitrogens with one attached hydrogen (secondary N) is 1. The lowest BCUT2D eigenvalue weighted by Crippen LogP contribution is -2.12. The third-order valence-corrected chi connectivity index (χ3v) is 3.67. The number of anilines is 1. The topological polar surface area (TPSA) is 111 Å². The summed E-state index contributed by atoms with van der Waals surface area (Å²) in [4.78, 5) is 22.5. The van der Waals surface area contributed by atoms with Gasteiger partial charge < -0.3 is 4.42 Å². The molecule has 3 rings (SSSR count). The Morgan fingerprint density at radius 3 is 2.68 bits per heavy atom. The van der Waals surface area contributed by atoms with Crippen molar-refractivity contribution >= 4 is 40.8 Å². The summed E-state index contributed by atoms with van der Waals surface area (Å²) in [6.07, 6.45) is 0. The van der Waals surface area contributed by atoms with Crippen molar-refractivity contribution in [1.82, 2.24) is 10.2 Å². The zero-order chi connectivity index (χ0) is 18.0. The number of non-ortho nitro benzene ring substituents is 1. The van der Waals surface area contributed by atoms with Crippen molar-refractivity contribution < 1.29 is 14.1 Å². The number of aromatic nitrogens is 2. The highest BCUT2D eigenvalue weighted by Crippen LogP contribution is 2.25. The van der Waals surface area contributed by atoms with Crippen molar-refractivity contribution in [2.24, 2.45) is 0 Å². The minimum absolute atomic E-state index is 0.0289. The van der Waals surface area contributed by atoms with Crippen molar-refractivity contribution in [1.29, 1.82) is 0 Å². The number of hydrogen-bond acceptors (Lipinski definition) is 6. The monoisotopic (exact) mass is 378 g/mol. The fraction of sp³-hybridized carbons (Fsp3) is 0. The van der Waals surface area contributed by atoms with Crippen molar-refractivity contribution in [3.8, 4) is 11.5 Å². The fourth-order valence-electron chi connectivity index (χ4n) is 1.98. The Morgan fingerprint density at radius 2 is 1.96 bits per heavy atom. The van der Waals surface area contributed by atoms with E-state index in [1.807, 2.05) is 0 Å². The van der Waals surface area contributed by atoms with Crippen LogP contribution < -0.4 is 5.32 Å². The standard InChI is InChI=1S/C15H8Cl2N4O4/c16-9-4-5-11(12(17)7-9)13(22)18-15-20-19-14(25-15)8-2-1-3-10(6-8)21(23)24/h1-7H,(H,18,20,22). The van der Waals surface area contributed by atoms with E-state index < -0.39 is 10.8 Å². The zero-order valence-electron chi connectivity index (χ0n) is 12.3. The Morgan fingerprint density at radius 1 is 1.16 bits per heavy atom. The lowest BCUT2D eigenvalue weighted by Gasteiger charge is -2.03. The van der Waals surface area contributed by atoms with Crippen molar-refractivity contribution in [2.75, 3.05) is 5.32 Å². The number of carbonyl (C=O) groups excluding carboxylic acids is 1. The predicted molar refractivity (Wildman–Crippen MR) is 90.8 cm³/mol. The number of benzene rings is 2. The van der Waals surface area contributed by atoms with E-state index in [2.05, 4.69) is 15.5 Å². The number of nitrogens with zero attached hydrogens (tertiary/aromatic N) is 3. The normalized spacial score (nSPS) is 10.5. The highest BCUT2D eigenvalue weighted by Gasteiger charge is 2.16. The van der Waals surface area contributed by atoms with Crippen molar-refractivity contribution in [3.05, 3.63) is 68.2 Å². The summed E-state index contributed by atoms with van der Waals surface area (Å²) in [6, 6.07) is 9.92. The Balaban J connectivity index is 1.81. The number of hydrogen-bond donors (Lipinski definition) is 1.